The first-order valence-corrected chi connectivity index (χ1v) is 4.90. The molecule has 1 fully saturated rings. The van der Waals surface area contributed by atoms with Crippen LogP contribution in [0.4, 0.5) is 0 Å². The Labute approximate surface area is 83.3 Å². The average Bonchev–Trinajstić information content (AvgIpc) is 2.87. The maximum Gasteiger partial charge on any atom is 0.186 e. The van der Waals surface area contributed by atoms with E-state index in [1.807, 2.05) is 12.1 Å². The van der Waals surface area contributed by atoms with Crippen LogP contribution in [0.15, 0.2) is 22.8 Å². The molecule has 2 atom stereocenters. The summed E-state index contributed by atoms with van der Waals surface area (Å²) in [6.45, 7) is 4.43. The molecule has 1 N–H and O–H groups in total. The molecule has 0 bridgehead atoms. The van der Waals surface area contributed by atoms with Crippen molar-refractivity contribution in [3.05, 3.63) is 24.2 Å². The lowest BCUT2D eigenvalue weighted by Gasteiger charge is -2.27. The molecule has 0 aliphatic carbocycles. The molecule has 0 amide bonds. The first kappa shape index (κ1) is 9.71. The van der Waals surface area contributed by atoms with E-state index in [-0.39, 0.29) is 12.8 Å². The van der Waals surface area contributed by atoms with Gasteiger partial charge in [-0.3, -0.25) is 4.48 Å². The quantitative estimate of drug-likeness (QED) is 0.739. The third kappa shape index (κ3) is 1.56. The highest BCUT2D eigenvalue weighted by molar-refractivity contribution is 5.02. The van der Waals surface area contributed by atoms with Crippen molar-refractivity contribution in [2.45, 2.75) is 13.0 Å². The Morgan fingerprint density at radius 3 is 3.00 bits per heavy atom. The highest BCUT2D eigenvalue weighted by Gasteiger charge is 2.39. The van der Waals surface area contributed by atoms with Crippen molar-refractivity contribution in [1.82, 2.24) is 0 Å². The van der Waals surface area contributed by atoms with Crippen LogP contribution in [0.1, 0.15) is 18.8 Å². The molecule has 4 nitrogen and oxygen atoms in total. The molecule has 2 unspecified atom stereocenters. The predicted molar refractivity (Wildman–Crippen MR) is 50.2 cm³/mol. The molecule has 2 heterocycles. The smallest absolute Gasteiger partial charge is 0.186 e. The standard InChI is InChI=1S/C10H16NO3/c1-2-11(7-12)6-10(14-8-11)9-4-3-5-13-9/h3-5,10,12H,2,6-8H2,1H3/q+1. The van der Waals surface area contributed by atoms with Gasteiger partial charge in [-0.25, -0.2) is 0 Å². The summed E-state index contributed by atoms with van der Waals surface area (Å²) in [5.74, 6) is 0.854. The second-order valence-corrected chi connectivity index (χ2v) is 3.78. The van der Waals surface area contributed by atoms with E-state index in [2.05, 4.69) is 6.92 Å². The zero-order chi connectivity index (χ0) is 10.0. The molecular formula is C10H16NO3+. The molecule has 14 heavy (non-hydrogen) atoms. The van der Waals surface area contributed by atoms with Gasteiger partial charge in [-0.15, -0.1) is 0 Å². The van der Waals surface area contributed by atoms with Gasteiger partial charge < -0.3 is 14.3 Å². The molecule has 0 aromatic carbocycles. The number of nitrogens with zero attached hydrogens (tertiary/aromatic N) is 1. The third-order valence-electron chi connectivity index (χ3n) is 2.93. The number of rotatable bonds is 3. The van der Waals surface area contributed by atoms with Gasteiger partial charge in [0.2, 0.25) is 0 Å². The molecule has 78 valence electrons. The topological polar surface area (TPSA) is 42.6 Å². The third-order valence-corrected chi connectivity index (χ3v) is 2.93. The Kier molecular flexibility index (Phi) is 2.58. The highest BCUT2D eigenvalue weighted by Crippen LogP contribution is 2.29. The van der Waals surface area contributed by atoms with Gasteiger partial charge in [0.05, 0.1) is 12.8 Å². The van der Waals surface area contributed by atoms with Gasteiger partial charge in [0.25, 0.3) is 0 Å². The summed E-state index contributed by atoms with van der Waals surface area (Å²) in [4.78, 5) is 0. The van der Waals surface area contributed by atoms with Crippen LogP contribution < -0.4 is 0 Å². The van der Waals surface area contributed by atoms with Crippen LogP contribution in [0, 0.1) is 0 Å². The molecule has 1 aromatic rings. The van der Waals surface area contributed by atoms with Crippen LogP contribution in [-0.4, -0.2) is 36.1 Å². The van der Waals surface area contributed by atoms with Crippen molar-refractivity contribution < 1.29 is 18.7 Å². The number of hydrogen-bond acceptors (Lipinski definition) is 3. The molecular weight excluding hydrogens is 182 g/mol. The van der Waals surface area contributed by atoms with Crippen molar-refractivity contribution in [3.8, 4) is 0 Å². The fourth-order valence-corrected chi connectivity index (χ4v) is 1.77. The van der Waals surface area contributed by atoms with Gasteiger partial charge >= 0.3 is 0 Å². The van der Waals surface area contributed by atoms with Crippen LogP contribution >= 0.6 is 0 Å². The lowest BCUT2D eigenvalue weighted by Crippen LogP contribution is -2.46. The molecule has 0 radical (unpaired) electrons. The van der Waals surface area contributed by atoms with Gasteiger partial charge in [-0.05, 0) is 19.1 Å². The molecule has 0 spiro atoms. The van der Waals surface area contributed by atoms with Gasteiger partial charge in [0.1, 0.15) is 12.3 Å². The molecule has 4 heteroatoms. The number of aliphatic hydroxyl groups is 1. The van der Waals surface area contributed by atoms with Crippen molar-refractivity contribution in [1.29, 1.82) is 0 Å². The largest absolute Gasteiger partial charge is 0.466 e. The van der Waals surface area contributed by atoms with Crippen molar-refractivity contribution in [3.63, 3.8) is 0 Å². The Hall–Kier alpha value is -0.840. The minimum Gasteiger partial charge on any atom is -0.466 e. The maximum atomic E-state index is 9.29. The van der Waals surface area contributed by atoms with E-state index in [4.69, 9.17) is 9.15 Å². The Morgan fingerprint density at radius 2 is 2.50 bits per heavy atom. The van der Waals surface area contributed by atoms with Crippen LogP contribution in [0.3, 0.4) is 0 Å². The van der Waals surface area contributed by atoms with Gasteiger partial charge in [-0.2, -0.15) is 0 Å². The van der Waals surface area contributed by atoms with Crippen LogP contribution in [0.5, 0.6) is 0 Å². The monoisotopic (exact) mass is 198 g/mol. The van der Waals surface area contributed by atoms with Crippen molar-refractivity contribution in [2.75, 3.05) is 26.6 Å². The molecule has 1 aromatic heterocycles. The summed E-state index contributed by atoms with van der Waals surface area (Å²) >= 11 is 0. The first-order chi connectivity index (χ1) is 6.79. The van der Waals surface area contributed by atoms with E-state index >= 15 is 0 Å². The molecule has 0 saturated carbocycles. The number of ether oxygens (including phenoxy) is 1. The van der Waals surface area contributed by atoms with Crippen LogP contribution in [-0.2, 0) is 4.74 Å². The minimum atomic E-state index is -0.00269. The van der Waals surface area contributed by atoms with E-state index in [1.54, 1.807) is 6.26 Å². The van der Waals surface area contributed by atoms with Crippen molar-refractivity contribution in [2.24, 2.45) is 0 Å². The number of aliphatic hydroxyl groups excluding tert-OH is 1. The Morgan fingerprint density at radius 1 is 1.64 bits per heavy atom. The summed E-state index contributed by atoms with van der Waals surface area (Å²) in [5, 5.41) is 9.29. The highest BCUT2D eigenvalue weighted by atomic mass is 16.5. The van der Waals surface area contributed by atoms with Crippen LogP contribution in [0.2, 0.25) is 0 Å². The summed E-state index contributed by atoms with van der Waals surface area (Å²) in [5.41, 5.74) is 0. The summed E-state index contributed by atoms with van der Waals surface area (Å²) < 4.78 is 11.5. The molecule has 2 rings (SSSR count). The van der Waals surface area contributed by atoms with E-state index in [0.29, 0.717) is 11.2 Å². The van der Waals surface area contributed by atoms with Gasteiger partial charge in [-0.1, -0.05) is 0 Å². The average molecular weight is 198 g/mol. The number of quaternary nitrogens is 1. The second kappa shape index (κ2) is 3.73. The number of hydrogen-bond donors (Lipinski definition) is 1. The zero-order valence-electron chi connectivity index (χ0n) is 8.35. The SMILES string of the molecule is CC[N+]1(CO)COC(c2ccco2)C1. The fourth-order valence-electron chi connectivity index (χ4n) is 1.77. The first-order valence-electron chi connectivity index (χ1n) is 4.90. The minimum absolute atomic E-state index is 0.00269. The lowest BCUT2D eigenvalue weighted by atomic mass is 10.2. The van der Waals surface area contributed by atoms with Crippen molar-refractivity contribution >= 4 is 0 Å². The number of likely N-dealkylation sites (N-methyl/N-ethyl adjacent to an activating group) is 1. The van der Waals surface area contributed by atoms with E-state index in [1.165, 1.54) is 0 Å². The van der Waals surface area contributed by atoms with Gasteiger partial charge in [0, 0.05) is 0 Å². The van der Waals surface area contributed by atoms with E-state index in [9.17, 15) is 5.11 Å². The van der Waals surface area contributed by atoms with Crippen LogP contribution in [0.25, 0.3) is 0 Å². The molecule has 1 aliphatic heterocycles. The van der Waals surface area contributed by atoms with E-state index in [0.717, 1.165) is 18.8 Å². The summed E-state index contributed by atoms with van der Waals surface area (Å²) in [6.07, 6.45) is 1.65. The molecule has 1 saturated heterocycles. The fraction of sp³-hybridized carbons (Fsp3) is 0.600. The van der Waals surface area contributed by atoms with E-state index < -0.39 is 0 Å². The zero-order valence-corrected chi connectivity index (χ0v) is 8.35. The maximum absolute atomic E-state index is 9.29. The lowest BCUT2D eigenvalue weighted by molar-refractivity contribution is -0.941. The summed E-state index contributed by atoms with van der Waals surface area (Å²) in [7, 11) is 0. The number of furan rings is 1. The predicted octanol–water partition coefficient (Wildman–Crippen LogP) is 1.09. The second-order valence-electron chi connectivity index (χ2n) is 3.78. The Bertz CT molecular complexity index is 280. The summed E-state index contributed by atoms with van der Waals surface area (Å²) in [6, 6.07) is 3.77. The Balaban J connectivity index is 2.07. The molecule has 1 aliphatic rings. The van der Waals surface area contributed by atoms with Gasteiger partial charge in [0.15, 0.2) is 19.6 Å². The normalized spacial score (nSPS) is 32.3.